The van der Waals surface area contributed by atoms with Gasteiger partial charge in [-0.3, -0.25) is 4.79 Å². The molecule has 1 amide bonds. The summed E-state index contributed by atoms with van der Waals surface area (Å²) in [4.78, 5) is 11.7. The van der Waals surface area contributed by atoms with Gasteiger partial charge in [-0.2, -0.15) is 0 Å². The number of sulfone groups is 1. The minimum atomic E-state index is -3.01. The molecule has 0 saturated carbocycles. The van der Waals surface area contributed by atoms with Crippen LogP contribution in [0.3, 0.4) is 0 Å². The number of rotatable bonds is 5. The quantitative estimate of drug-likeness (QED) is 0.728. The van der Waals surface area contributed by atoms with Crippen molar-refractivity contribution < 1.29 is 18.3 Å². The van der Waals surface area contributed by atoms with Crippen LogP contribution in [0.15, 0.2) is 0 Å². The summed E-state index contributed by atoms with van der Waals surface area (Å²) in [6.45, 7) is 4.45. The normalized spacial score (nSPS) is 23.6. The molecule has 2 N–H and O–H groups in total. The van der Waals surface area contributed by atoms with Crippen LogP contribution in [0.25, 0.3) is 0 Å². The molecule has 0 aromatic heterocycles. The van der Waals surface area contributed by atoms with E-state index >= 15 is 0 Å². The van der Waals surface area contributed by atoms with Crippen LogP contribution in [0.1, 0.15) is 26.7 Å². The molecule has 1 rings (SSSR count). The van der Waals surface area contributed by atoms with Gasteiger partial charge in [0.1, 0.15) is 0 Å². The Kier molecular flexibility index (Phi) is 4.55. The molecule has 17 heavy (non-hydrogen) atoms. The van der Waals surface area contributed by atoms with Crippen molar-refractivity contribution in [1.29, 1.82) is 0 Å². The minimum absolute atomic E-state index is 0.0285. The van der Waals surface area contributed by atoms with Gasteiger partial charge in [-0.05, 0) is 18.3 Å². The molecular weight excluding hydrogens is 242 g/mol. The third-order valence-corrected chi connectivity index (χ3v) is 4.90. The van der Waals surface area contributed by atoms with E-state index in [1.54, 1.807) is 0 Å². The van der Waals surface area contributed by atoms with Crippen molar-refractivity contribution in [3.8, 4) is 0 Å². The van der Waals surface area contributed by atoms with E-state index in [9.17, 15) is 13.2 Å². The van der Waals surface area contributed by atoms with E-state index in [1.807, 2.05) is 13.8 Å². The molecule has 1 aliphatic heterocycles. The van der Waals surface area contributed by atoms with Crippen molar-refractivity contribution in [2.75, 3.05) is 24.7 Å². The molecule has 100 valence electrons. The van der Waals surface area contributed by atoms with Crippen molar-refractivity contribution in [2.24, 2.45) is 11.3 Å². The Bertz CT molecular complexity index is 375. The van der Waals surface area contributed by atoms with Crippen LogP contribution < -0.4 is 5.32 Å². The molecule has 0 radical (unpaired) electrons. The SMILES string of the molecule is CC(C)(CCO)CNC(=O)C1CCS(=O)(=O)C1. The molecule has 1 fully saturated rings. The van der Waals surface area contributed by atoms with Crippen molar-refractivity contribution in [3.05, 3.63) is 0 Å². The van der Waals surface area contributed by atoms with Crippen LogP contribution in [0, 0.1) is 11.3 Å². The molecule has 1 heterocycles. The first kappa shape index (κ1) is 14.4. The van der Waals surface area contributed by atoms with Crippen LogP contribution in [-0.2, 0) is 14.6 Å². The van der Waals surface area contributed by atoms with E-state index in [0.29, 0.717) is 19.4 Å². The number of nitrogens with one attached hydrogen (secondary N) is 1. The summed E-state index contributed by atoms with van der Waals surface area (Å²) < 4.78 is 22.5. The summed E-state index contributed by atoms with van der Waals surface area (Å²) in [6, 6.07) is 0. The first-order valence-corrected chi connectivity index (χ1v) is 7.67. The van der Waals surface area contributed by atoms with Gasteiger partial charge >= 0.3 is 0 Å². The summed E-state index contributed by atoms with van der Waals surface area (Å²) in [5.74, 6) is -0.494. The second kappa shape index (κ2) is 5.35. The Morgan fingerprint density at radius 1 is 1.47 bits per heavy atom. The zero-order valence-electron chi connectivity index (χ0n) is 10.4. The lowest BCUT2D eigenvalue weighted by molar-refractivity contribution is -0.124. The molecule has 1 aliphatic rings. The number of aliphatic hydroxyl groups is 1. The van der Waals surface area contributed by atoms with E-state index in [1.165, 1.54) is 0 Å². The van der Waals surface area contributed by atoms with Crippen LogP contribution in [0.5, 0.6) is 0 Å². The number of amides is 1. The average Bonchev–Trinajstić information content (AvgIpc) is 2.55. The Labute approximate surface area is 103 Å². The largest absolute Gasteiger partial charge is 0.396 e. The third-order valence-electron chi connectivity index (χ3n) is 3.13. The zero-order valence-corrected chi connectivity index (χ0v) is 11.2. The second-order valence-corrected chi connectivity index (χ2v) is 7.68. The molecule has 0 aromatic carbocycles. The Morgan fingerprint density at radius 3 is 2.59 bits per heavy atom. The first-order chi connectivity index (χ1) is 7.76. The molecular formula is C11H21NO4S. The van der Waals surface area contributed by atoms with Crippen molar-refractivity contribution >= 4 is 15.7 Å². The smallest absolute Gasteiger partial charge is 0.224 e. The summed E-state index contributed by atoms with van der Waals surface area (Å²) in [6.07, 6.45) is 1.03. The van der Waals surface area contributed by atoms with Gasteiger partial charge in [0.2, 0.25) is 5.91 Å². The second-order valence-electron chi connectivity index (χ2n) is 5.46. The number of hydrogen-bond acceptors (Lipinski definition) is 4. The van der Waals surface area contributed by atoms with Gasteiger partial charge in [-0.1, -0.05) is 13.8 Å². The summed E-state index contributed by atoms with van der Waals surface area (Å²) in [5, 5.41) is 11.6. The number of aliphatic hydroxyl groups excluding tert-OH is 1. The maximum absolute atomic E-state index is 11.7. The van der Waals surface area contributed by atoms with Gasteiger partial charge in [0.25, 0.3) is 0 Å². The molecule has 5 nitrogen and oxygen atoms in total. The van der Waals surface area contributed by atoms with E-state index in [0.717, 1.165) is 0 Å². The Morgan fingerprint density at radius 2 is 2.12 bits per heavy atom. The van der Waals surface area contributed by atoms with Crippen molar-refractivity contribution in [1.82, 2.24) is 5.32 Å². The number of carbonyl (C=O) groups is 1. The number of hydrogen-bond donors (Lipinski definition) is 2. The molecule has 1 saturated heterocycles. The third kappa shape index (κ3) is 4.63. The molecule has 0 aliphatic carbocycles. The van der Waals surface area contributed by atoms with Gasteiger partial charge in [-0.15, -0.1) is 0 Å². The molecule has 0 bridgehead atoms. The lowest BCUT2D eigenvalue weighted by atomic mass is 9.89. The highest BCUT2D eigenvalue weighted by Crippen LogP contribution is 2.21. The standard InChI is InChI=1S/C11H21NO4S/c1-11(2,4-5-13)8-12-10(14)9-3-6-17(15,16)7-9/h9,13H,3-8H2,1-2H3,(H,12,14). The lowest BCUT2D eigenvalue weighted by Crippen LogP contribution is -2.38. The van der Waals surface area contributed by atoms with Gasteiger partial charge in [-0.25, -0.2) is 8.42 Å². The predicted octanol–water partition coefficient (Wildman–Crippen LogP) is -0.0541. The Hall–Kier alpha value is -0.620. The van der Waals surface area contributed by atoms with Crippen LogP contribution in [0.4, 0.5) is 0 Å². The number of carbonyl (C=O) groups excluding carboxylic acids is 1. The van der Waals surface area contributed by atoms with Crippen LogP contribution >= 0.6 is 0 Å². The maximum Gasteiger partial charge on any atom is 0.224 e. The predicted molar refractivity (Wildman–Crippen MR) is 65.3 cm³/mol. The molecule has 0 spiro atoms. The average molecular weight is 263 g/mol. The Balaban J connectivity index is 2.41. The van der Waals surface area contributed by atoms with E-state index in [4.69, 9.17) is 5.11 Å². The van der Waals surface area contributed by atoms with Crippen molar-refractivity contribution in [3.63, 3.8) is 0 Å². The van der Waals surface area contributed by atoms with Gasteiger partial charge in [0.15, 0.2) is 9.84 Å². The fourth-order valence-electron chi connectivity index (χ4n) is 1.86. The highest BCUT2D eigenvalue weighted by Gasteiger charge is 2.33. The topological polar surface area (TPSA) is 83.5 Å². The summed E-state index contributed by atoms with van der Waals surface area (Å²) >= 11 is 0. The van der Waals surface area contributed by atoms with Gasteiger partial charge < -0.3 is 10.4 Å². The molecule has 1 unspecified atom stereocenters. The first-order valence-electron chi connectivity index (χ1n) is 5.85. The fourth-order valence-corrected chi connectivity index (χ4v) is 3.60. The summed E-state index contributed by atoms with van der Waals surface area (Å²) in [7, 11) is -3.01. The highest BCUT2D eigenvalue weighted by atomic mass is 32.2. The van der Waals surface area contributed by atoms with Crippen LogP contribution in [-0.4, -0.2) is 44.1 Å². The highest BCUT2D eigenvalue weighted by molar-refractivity contribution is 7.91. The van der Waals surface area contributed by atoms with E-state index < -0.39 is 15.8 Å². The monoisotopic (exact) mass is 263 g/mol. The molecule has 1 atom stereocenters. The maximum atomic E-state index is 11.7. The van der Waals surface area contributed by atoms with Crippen LogP contribution in [0.2, 0.25) is 0 Å². The van der Waals surface area contributed by atoms with Gasteiger partial charge in [0.05, 0.1) is 17.4 Å². The van der Waals surface area contributed by atoms with E-state index in [-0.39, 0.29) is 29.4 Å². The lowest BCUT2D eigenvalue weighted by Gasteiger charge is -2.24. The molecule has 0 aromatic rings. The summed E-state index contributed by atoms with van der Waals surface area (Å²) in [5.41, 5.74) is -0.165. The van der Waals surface area contributed by atoms with Gasteiger partial charge in [0, 0.05) is 13.2 Å². The fraction of sp³-hybridized carbons (Fsp3) is 0.909. The zero-order chi connectivity index (χ0) is 13.1. The van der Waals surface area contributed by atoms with E-state index in [2.05, 4.69) is 5.32 Å². The van der Waals surface area contributed by atoms with Crippen molar-refractivity contribution in [2.45, 2.75) is 26.7 Å². The molecule has 6 heteroatoms. The minimum Gasteiger partial charge on any atom is -0.396 e.